The van der Waals surface area contributed by atoms with Crippen LogP contribution in [0.1, 0.15) is 53.4 Å². The van der Waals surface area contributed by atoms with Crippen LogP contribution in [0.25, 0.3) is 0 Å². The smallest absolute Gasteiger partial charge is 0.147 e. The quantitative estimate of drug-likeness (QED) is 0.417. The fourth-order valence-electron chi connectivity index (χ4n) is 1.49. The van der Waals surface area contributed by atoms with Gasteiger partial charge in [-0.3, -0.25) is 0 Å². The zero-order chi connectivity index (χ0) is 10.1. The molecule has 2 heteroatoms. The molecule has 85 valence electrons. The van der Waals surface area contributed by atoms with Gasteiger partial charge < -0.3 is 0 Å². The minimum atomic E-state index is 0. The fraction of sp³-hybridized carbons (Fsp3) is 1.00. The van der Waals surface area contributed by atoms with Gasteiger partial charge >= 0.3 is 0 Å². The number of hydrogen-bond donors (Lipinski definition) is 0. The lowest BCUT2D eigenvalue weighted by Crippen LogP contribution is -1.94. The molecule has 0 spiro atoms. The van der Waals surface area contributed by atoms with Crippen molar-refractivity contribution in [3.8, 4) is 0 Å². The Hall–Kier alpha value is 0.822. The minimum Gasteiger partial charge on any atom is -0.147 e. The first kappa shape index (κ1) is 17.2. The zero-order valence-corrected chi connectivity index (χ0v) is 12.4. The van der Waals surface area contributed by atoms with Gasteiger partial charge in [0.15, 0.2) is 15.2 Å². The molecule has 0 saturated heterocycles. The van der Waals surface area contributed by atoms with Crippen LogP contribution in [-0.4, -0.2) is 15.2 Å². The van der Waals surface area contributed by atoms with E-state index in [4.69, 9.17) is 0 Å². The summed E-state index contributed by atoms with van der Waals surface area (Å²) in [5.74, 6) is 1.82. The lowest BCUT2D eigenvalue weighted by Gasteiger charge is -2.04. The van der Waals surface area contributed by atoms with Gasteiger partial charge in [0.25, 0.3) is 0 Å². The molecule has 0 bridgehead atoms. The summed E-state index contributed by atoms with van der Waals surface area (Å²) >= 11 is 0.778. The standard InChI is InChI=1S/2C6H13.Al.ClH/c2*1-4-5-6(2)3;;/h2*6H,1,4-5H2,2-3H3;;1H. The third-order valence-electron chi connectivity index (χ3n) is 2.38. The molecule has 0 N–H and O–H groups in total. The van der Waals surface area contributed by atoms with Crippen LogP contribution in [0, 0.1) is 11.8 Å². The molecule has 0 aromatic rings. The van der Waals surface area contributed by atoms with Gasteiger partial charge in [0.05, 0.1) is 0 Å². The molecule has 0 fully saturated rings. The SMILES string of the molecule is CC(C)CC[CH2][Al][CH2]CCC(C)C.Cl. The number of rotatable bonds is 8. The maximum Gasteiger partial charge on any atom is 0.199 e. The molecule has 0 rings (SSSR count). The van der Waals surface area contributed by atoms with E-state index in [2.05, 4.69) is 27.7 Å². The normalized spacial score (nSPS) is 10.4. The Balaban J connectivity index is 0. The molecule has 1 radical (unpaired) electrons. The van der Waals surface area contributed by atoms with E-state index in [1.54, 1.807) is 0 Å². The Morgan fingerprint density at radius 1 is 0.786 bits per heavy atom. The van der Waals surface area contributed by atoms with Crippen LogP contribution >= 0.6 is 12.4 Å². The van der Waals surface area contributed by atoms with Gasteiger partial charge in [-0.2, -0.15) is 0 Å². The van der Waals surface area contributed by atoms with Crippen LogP contribution in [0.4, 0.5) is 0 Å². The van der Waals surface area contributed by atoms with Crippen molar-refractivity contribution in [3.05, 3.63) is 0 Å². The van der Waals surface area contributed by atoms with E-state index in [9.17, 15) is 0 Å². The lowest BCUT2D eigenvalue weighted by molar-refractivity contribution is 0.568. The highest BCUT2D eigenvalue weighted by Crippen LogP contribution is 2.10. The van der Waals surface area contributed by atoms with E-state index in [-0.39, 0.29) is 12.4 Å². The highest BCUT2D eigenvalue weighted by molar-refractivity contribution is 6.35. The molecule has 0 aromatic carbocycles. The topological polar surface area (TPSA) is 0 Å². The monoisotopic (exact) mass is 233 g/mol. The molecule has 0 heterocycles. The summed E-state index contributed by atoms with van der Waals surface area (Å²) in [5.41, 5.74) is 0. The summed E-state index contributed by atoms with van der Waals surface area (Å²) in [7, 11) is 0. The predicted octanol–water partition coefficient (Wildman–Crippen LogP) is 4.82. The highest BCUT2D eigenvalue weighted by Gasteiger charge is 1.97. The van der Waals surface area contributed by atoms with E-state index in [1.165, 1.54) is 36.2 Å². The van der Waals surface area contributed by atoms with Gasteiger partial charge in [-0.1, -0.05) is 53.4 Å². The van der Waals surface area contributed by atoms with E-state index in [0.29, 0.717) is 0 Å². The van der Waals surface area contributed by atoms with Crippen molar-refractivity contribution >= 4 is 27.6 Å². The molecule has 14 heavy (non-hydrogen) atoms. The van der Waals surface area contributed by atoms with Crippen LogP contribution in [0.5, 0.6) is 0 Å². The van der Waals surface area contributed by atoms with Crippen molar-refractivity contribution in [1.29, 1.82) is 0 Å². The second kappa shape index (κ2) is 11.9. The van der Waals surface area contributed by atoms with Crippen molar-refractivity contribution in [1.82, 2.24) is 0 Å². The van der Waals surface area contributed by atoms with Gasteiger partial charge in [0, 0.05) is 0 Å². The Labute approximate surface area is 103 Å². The van der Waals surface area contributed by atoms with Crippen LogP contribution < -0.4 is 0 Å². The van der Waals surface area contributed by atoms with Crippen LogP contribution in [0.15, 0.2) is 0 Å². The summed E-state index contributed by atoms with van der Waals surface area (Å²) in [5, 5.41) is 3.08. The van der Waals surface area contributed by atoms with Crippen LogP contribution in [0.3, 0.4) is 0 Å². The van der Waals surface area contributed by atoms with Crippen LogP contribution in [0.2, 0.25) is 10.6 Å². The van der Waals surface area contributed by atoms with Crippen molar-refractivity contribution < 1.29 is 0 Å². The molecular weight excluding hydrogens is 207 g/mol. The molecule has 0 atom stereocenters. The van der Waals surface area contributed by atoms with E-state index in [0.717, 1.165) is 27.1 Å². The Bertz CT molecular complexity index is 90.5. The number of halogens is 1. The van der Waals surface area contributed by atoms with E-state index >= 15 is 0 Å². The molecule has 0 unspecified atom stereocenters. The average Bonchev–Trinajstić information content (AvgIpc) is 2.01. The van der Waals surface area contributed by atoms with Gasteiger partial charge in [-0.15, -0.1) is 23.0 Å². The fourth-order valence-corrected chi connectivity index (χ4v) is 2.82. The Morgan fingerprint density at radius 2 is 1.14 bits per heavy atom. The first-order chi connectivity index (χ1) is 6.13. The summed E-state index contributed by atoms with van der Waals surface area (Å²) < 4.78 is 0. The number of hydrogen-bond acceptors (Lipinski definition) is 0. The molecule has 0 aliphatic heterocycles. The molecule has 0 amide bonds. The maximum absolute atomic E-state index is 2.33. The predicted molar refractivity (Wildman–Crippen MR) is 70.8 cm³/mol. The van der Waals surface area contributed by atoms with Gasteiger partial charge in [0.2, 0.25) is 0 Å². The second-order valence-electron chi connectivity index (χ2n) is 4.94. The largest absolute Gasteiger partial charge is 0.199 e. The van der Waals surface area contributed by atoms with E-state index < -0.39 is 0 Å². The highest BCUT2D eigenvalue weighted by atomic mass is 35.5. The van der Waals surface area contributed by atoms with Crippen molar-refractivity contribution in [2.24, 2.45) is 11.8 Å². The van der Waals surface area contributed by atoms with Gasteiger partial charge in [-0.25, -0.2) is 0 Å². The molecule has 0 nitrogen and oxygen atoms in total. The Kier molecular flexibility index (Phi) is 14.6. The first-order valence-electron chi connectivity index (χ1n) is 5.94. The lowest BCUT2D eigenvalue weighted by atomic mass is 10.1. The second-order valence-corrected chi connectivity index (χ2v) is 6.67. The maximum atomic E-state index is 2.33. The summed E-state index contributed by atoms with van der Waals surface area (Å²) in [4.78, 5) is 0. The third kappa shape index (κ3) is 15.3. The van der Waals surface area contributed by atoms with Crippen molar-refractivity contribution in [2.45, 2.75) is 63.9 Å². The molecule has 0 aromatic heterocycles. The van der Waals surface area contributed by atoms with Gasteiger partial charge in [-0.05, 0) is 11.8 Å². The third-order valence-corrected chi connectivity index (χ3v) is 4.01. The summed E-state index contributed by atoms with van der Waals surface area (Å²) in [6.45, 7) is 9.31. The summed E-state index contributed by atoms with van der Waals surface area (Å²) in [6, 6.07) is 0. The average molecular weight is 234 g/mol. The van der Waals surface area contributed by atoms with E-state index in [1.807, 2.05) is 0 Å². The molecule has 0 aliphatic rings. The van der Waals surface area contributed by atoms with Crippen molar-refractivity contribution in [3.63, 3.8) is 0 Å². The zero-order valence-electron chi connectivity index (χ0n) is 10.4. The van der Waals surface area contributed by atoms with Crippen molar-refractivity contribution in [2.75, 3.05) is 0 Å². The molecule has 0 saturated carbocycles. The first-order valence-corrected chi connectivity index (χ1v) is 7.58. The minimum absolute atomic E-state index is 0. The Morgan fingerprint density at radius 3 is 1.43 bits per heavy atom. The molecule has 0 aliphatic carbocycles. The van der Waals surface area contributed by atoms with Crippen LogP contribution in [-0.2, 0) is 0 Å². The van der Waals surface area contributed by atoms with Gasteiger partial charge in [0.1, 0.15) is 0 Å². The summed E-state index contributed by atoms with van der Waals surface area (Å²) in [6.07, 6.45) is 5.84. The molecular formula is C12H27AlCl.